The number of benzene rings is 3. The van der Waals surface area contributed by atoms with Gasteiger partial charge < -0.3 is 9.57 Å². The third-order valence-electron chi connectivity index (χ3n) is 4.06. The fourth-order valence-corrected chi connectivity index (χ4v) is 2.95. The van der Waals surface area contributed by atoms with Gasteiger partial charge in [-0.3, -0.25) is 4.79 Å². The van der Waals surface area contributed by atoms with Crippen LogP contribution in [0.5, 0.6) is 5.75 Å². The third-order valence-corrected chi connectivity index (χ3v) is 4.32. The Bertz CT molecular complexity index is 966. The van der Waals surface area contributed by atoms with Gasteiger partial charge in [-0.2, -0.15) is 0 Å². The molecule has 1 atom stereocenters. The molecule has 3 aromatic rings. The van der Waals surface area contributed by atoms with Gasteiger partial charge in [-0.15, -0.1) is 0 Å². The normalized spacial score (nSPS) is 16.2. The molecule has 0 amide bonds. The molecule has 1 aliphatic rings. The van der Waals surface area contributed by atoms with Crippen LogP contribution in [0.4, 0.5) is 0 Å². The molecule has 4 rings (SSSR count). The summed E-state index contributed by atoms with van der Waals surface area (Å²) in [6, 6.07) is 18.8. The maximum absolute atomic E-state index is 12.6. The molecule has 0 spiro atoms. The second-order valence-corrected chi connectivity index (χ2v) is 6.15. The minimum atomic E-state index is -0.758. The van der Waals surface area contributed by atoms with Gasteiger partial charge >= 0.3 is 0 Å². The lowest BCUT2D eigenvalue weighted by molar-refractivity contribution is 0.0912. The Kier molecular flexibility index (Phi) is 4.12. The van der Waals surface area contributed by atoms with Crippen molar-refractivity contribution in [2.24, 2.45) is 5.16 Å². The topological polar surface area (TPSA) is 47.9 Å². The Hall–Kier alpha value is -2.85. The standard InChI is InChI=1S/C20H14ClNO3/c21-15-8-5-13(6-9-15)12-24-22-11-18-20(23)19-16-4-2-1-3-14(16)7-10-17(19)25-18/h1-11,18H,12H2/b22-11+/t18-/m1/s1. The first-order valence-electron chi connectivity index (χ1n) is 7.85. The van der Waals surface area contributed by atoms with Gasteiger partial charge in [0.25, 0.3) is 0 Å². The summed E-state index contributed by atoms with van der Waals surface area (Å²) in [6.07, 6.45) is 0.638. The molecule has 1 aliphatic heterocycles. The van der Waals surface area contributed by atoms with E-state index in [1.54, 1.807) is 12.1 Å². The van der Waals surface area contributed by atoms with E-state index in [-0.39, 0.29) is 5.78 Å². The Balaban J connectivity index is 1.46. The monoisotopic (exact) mass is 351 g/mol. The average molecular weight is 352 g/mol. The smallest absolute Gasteiger partial charge is 0.213 e. The van der Waals surface area contributed by atoms with Gasteiger partial charge in [-0.25, -0.2) is 0 Å². The number of carbonyl (C=O) groups is 1. The van der Waals surface area contributed by atoms with Crippen molar-refractivity contribution in [3.63, 3.8) is 0 Å². The highest BCUT2D eigenvalue weighted by atomic mass is 35.5. The number of fused-ring (bicyclic) bond motifs is 3. The van der Waals surface area contributed by atoms with Crippen LogP contribution in [-0.4, -0.2) is 18.1 Å². The number of carbonyl (C=O) groups excluding carboxylic acids is 1. The van der Waals surface area contributed by atoms with Gasteiger partial charge in [0.1, 0.15) is 12.4 Å². The lowest BCUT2D eigenvalue weighted by Crippen LogP contribution is -2.22. The van der Waals surface area contributed by atoms with Gasteiger partial charge in [0.2, 0.25) is 5.78 Å². The van der Waals surface area contributed by atoms with Gasteiger partial charge in [0, 0.05) is 5.02 Å². The molecular formula is C20H14ClNO3. The minimum Gasteiger partial charge on any atom is -0.476 e. The highest BCUT2D eigenvalue weighted by Crippen LogP contribution is 2.34. The molecule has 0 radical (unpaired) electrons. The van der Waals surface area contributed by atoms with Crippen molar-refractivity contribution in [3.8, 4) is 5.75 Å². The number of rotatable bonds is 4. The molecule has 0 saturated carbocycles. The van der Waals surface area contributed by atoms with Crippen molar-refractivity contribution < 1.29 is 14.4 Å². The Morgan fingerprint density at radius 3 is 2.72 bits per heavy atom. The van der Waals surface area contributed by atoms with Crippen LogP contribution < -0.4 is 4.74 Å². The number of hydrogen-bond donors (Lipinski definition) is 0. The second kappa shape index (κ2) is 6.57. The van der Waals surface area contributed by atoms with Gasteiger partial charge in [0.15, 0.2) is 6.10 Å². The van der Waals surface area contributed by atoms with E-state index in [9.17, 15) is 4.79 Å². The van der Waals surface area contributed by atoms with E-state index in [4.69, 9.17) is 21.2 Å². The van der Waals surface area contributed by atoms with Crippen molar-refractivity contribution in [1.29, 1.82) is 0 Å². The van der Waals surface area contributed by atoms with E-state index in [0.29, 0.717) is 22.9 Å². The summed E-state index contributed by atoms with van der Waals surface area (Å²) >= 11 is 5.84. The van der Waals surface area contributed by atoms with Gasteiger partial charge in [-0.05, 0) is 34.5 Å². The molecule has 0 aliphatic carbocycles. The maximum Gasteiger partial charge on any atom is 0.213 e. The van der Waals surface area contributed by atoms with Crippen LogP contribution in [0, 0.1) is 0 Å². The number of hydrogen-bond acceptors (Lipinski definition) is 4. The minimum absolute atomic E-state index is 0.106. The number of nitrogens with zero attached hydrogens (tertiary/aromatic N) is 1. The number of halogens is 1. The third kappa shape index (κ3) is 3.08. The van der Waals surface area contributed by atoms with Crippen LogP contribution in [0.25, 0.3) is 10.8 Å². The van der Waals surface area contributed by atoms with Crippen molar-refractivity contribution in [3.05, 3.63) is 76.8 Å². The molecule has 124 valence electrons. The summed E-state index contributed by atoms with van der Waals surface area (Å²) in [5, 5.41) is 6.45. The summed E-state index contributed by atoms with van der Waals surface area (Å²) < 4.78 is 5.70. The van der Waals surface area contributed by atoms with Gasteiger partial charge in [0.05, 0.1) is 11.8 Å². The van der Waals surface area contributed by atoms with Crippen LogP contribution in [0.3, 0.4) is 0 Å². The number of Topliss-reactive ketones (excluding diaryl/α,β-unsaturated/α-hetero) is 1. The van der Waals surface area contributed by atoms with Crippen molar-refractivity contribution in [2.75, 3.05) is 0 Å². The Labute approximate surface area is 149 Å². The van der Waals surface area contributed by atoms with Gasteiger partial charge in [-0.1, -0.05) is 59.2 Å². The Morgan fingerprint density at radius 2 is 1.88 bits per heavy atom. The van der Waals surface area contributed by atoms with Crippen LogP contribution in [-0.2, 0) is 11.4 Å². The van der Waals surface area contributed by atoms with E-state index >= 15 is 0 Å². The predicted molar refractivity (Wildman–Crippen MR) is 97.4 cm³/mol. The molecule has 3 aromatic carbocycles. The first kappa shape index (κ1) is 15.7. The quantitative estimate of drug-likeness (QED) is 0.508. The van der Waals surface area contributed by atoms with E-state index in [2.05, 4.69) is 5.16 Å². The van der Waals surface area contributed by atoms with Crippen LogP contribution >= 0.6 is 11.6 Å². The summed E-state index contributed by atoms with van der Waals surface area (Å²) in [7, 11) is 0. The van der Waals surface area contributed by atoms with Crippen molar-refractivity contribution in [2.45, 2.75) is 12.7 Å². The van der Waals surface area contributed by atoms with Crippen molar-refractivity contribution >= 4 is 34.4 Å². The zero-order valence-corrected chi connectivity index (χ0v) is 13.9. The molecule has 25 heavy (non-hydrogen) atoms. The molecule has 0 aromatic heterocycles. The van der Waals surface area contributed by atoms with E-state index in [1.165, 1.54) is 6.21 Å². The predicted octanol–water partition coefficient (Wildman–Crippen LogP) is 4.64. The lowest BCUT2D eigenvalue weighted by atomic mass is 10.0. The summed E-state index contributed by atoms with van der Waals surface area (Å²) in [5.74, 6) is 0.475. The molecule has 1 heterocycles. The first-order chi connectivity index (χ1) is 12.2. The lowest BCUT2D eigenvalue weighted by Gasteiger charge is -2.03. The fraction of sp³-hybridized carbons (Fsp3) is 0.100. The molecule has 0 N–H and O–H groups in total. The van der Waals surface area contributed by atoms with Crippen LogP contribution in [0.15, 0.2) is 65.8 Å². The second-order valence-electron chi connectivity index (χ2n) is 5.72. The maximum atomic E-state index is 12.6. The Morgan fingerprint density at radius 1 is 1.08 bits per heavy atom. The average Bonchev–Trinajstić information content (AvgIpc) is 2.97. The highest BCUT2D eigenvalue weighted by Gasteiger charge is 2.32. The van der Waals surface area contributed by atoms with E-state index in [0.717, 1.165) is 16.3 Å². The molecule has 5 heteroatoms. The first-order valence-corrected chi connectivity index (χ1v) is 8.23. The number of ketones is 1. The summed E-state index contributed by atoms with van der Waals surface area (Å²) in [6.45, 7) is 0.296. The molecule has 0 bridgehead atoms. The summed E-state index contributed by atoms with van der Waals surface area (Å²) in [5.41, 5.74) is 1.54. The molecular weight excluding hydrogens is 338 g/mol. The molecule has 0 fully saturated rings. The zero-order valence-electron chi connectivity index (χ0n) is 13.2. The fourth-order valence-electron chi connectivity index (χ4n) is 2.83. The number of ether oxygens (including phenoxy) is 1. The number of oxime groups is 1. The van der Waals surface area contributed by atoms with Crippen LogP contribution in [0.2, 0.25) is 5.02 Å². The molecule has 0 saturated heterocycles. The molecule has 4 nitrogen and oxygen atoms in total. The highest BCUT2D eigenvalue weighted by molar-refractivity contribution is 6.30. The zero-order chi connectivity index (χ0) is 17.2. The molecule has 0 unspecified atom stereocenters. The summed E-state index contributed by atoms with van der Waals surface area (Å²) in [4.78, 5) is 17.9. The van der Waals surface area contributed by atoms with Crippen molar-refractivity contribution in [1.82, 2.24) is 0 Å². The van der Waals surface area contributed by atoms with E-state index < -0.39 is 6.10 Å². The SMILES string of the molecule is O=C1c2c(ccc3ccccc23)O[C@@H]1/C=N/OCc1ccc(Cl)cc1. The largest absolute Gasteiger partial charge is 0.476 e. The van der Waals surface area contributed by atoms with E-state index in [1.807, 2.05) is 48.5 Å². The van der Waals surface area contributed by atoms with Crippen LogP contribution in [0.1, 0.15) is 15.9 Å².